The molecule has 0 aromatic heterocycles. The van der Waals surface area contributed by atoms with Gasteiger partial charge in [-0.25, -0.2) is 4.90 Å². The third kappa shape index (κ3) is 3.34. The van der Waals surface area contributed by atoms with Gasteiger partial charge in [0.15, 0.2) is 0 Å². The van der Waals surface area contributed by atoms with E-state index in [4.69, 9.17) is 32.7 Å². The van der Waals surface area contributed by atoms with Crippen molar-refractivity contribution in [2.24, 2.45) is 11.8 Å². The van der Waals surface area contributed by atoms with Gasteiger partial charge < -0.3 is 9.47 Å². The highest BCUT2D eigenvalue weighted by molar-refractivity contribution is 6.34. The summed E-state index contributed by atoms with van der Waals surface area (Å²) in [5, 5.41) is 11.9. The number of fused-ring (bicyclic) bond motifs is 6. The number of nitriles is 1. The Morgan fingerprint density at radius 3 is 2.44 bits per heavy atom. The molecule has 0 spiro atoms. The van der Waals surface area contributed by atoms with E-state index in [-0.39, 0.29) is 18.4 Å². The summed E-state index contributed by atoms with van der Waals surface area (Å²) in [4.78, 5) is 29.1. The number of ether oxygens (including phenoxy) is 2. The van der Waals surface area contributed by atoms with Gasteiger partial charge in [-0.15, -0.1) is 0 Å². The van der Waals surface area contributed by atoms with Gasteiger partial charge in [-0.1, -0.05) is 47.5 Å². The molecule has 0 aliphatic carbocycles. The van der Waals surface area contributed by atoms with Gasteiger partial charge in [-0.2, -0.15) is 5.26 Å². The zero-order valence-corrected chi connectivity index (χ0v) is 21.0. The Labute approximate surface area is 218 Å². The van der Waals surface area contributed by atoms with Crippen LogP contribution in [-0.4, -0.2) is 29.6 Å². The minimum absolute atomic E-state index is 0.244. The van der Waals surface area contributed by atoms with Gasteiger partial charge in [-0.05, 0) is 50.1 Å². The number of rotatable bonds is 5. The Kier molecular flexibility index (Phi) is 5.31. The molecule has 0 N–H and O–H groups in total. The van der Waals surface area contributed by atoms with Crippen molar-refractivity contribution in [3.05, 3.63) is 70.2 Å². The lowest BCUT2D eigenvalue weighted by Gasteiger charge is -2.31. The lowest BCUT2D eigenvalue weighted by Crippen LogP contribution is -2.43. The molecule has 3 aliphatic rings. The van der Waals surface area contributed by atoms with Crippen LogP contribution >= 0.6 is 23.2 Å². The van der Waals surface area contributed by atoms with Crippen LogP contribution < -0.4 is 9.64 Å². The van der Waals surface area contributed by atoms with Gasteiger partial charge in [0.1, 0.15) is 5.75 Å². The van der Waals surface area contributed by atoms with E-state index in [1.165, 1.54) is 4.90 Å². The largest absolute Gasteiger partial charge is 0.493 e. The molecule has 4 atom stereocenters. The fourth-order valence-corrected chi connectivity index (χ4v) is 6.88. The molecule has 3 aromatic carbocycles. The van der Waals surface area contributed by atoms with E-state index in [9.17, 15) is 14.9 Å². The van der Waals surface area contributed by atoms with E-state index in [1.807, 2.05) is 31.2 Å². The van der Waals surface area contributed by atoms with E-state index < -0.39 is 23.0 Å². The minimum atomic E-state index is -0.786. The number of nitrogens with zero attached hydrogens (tertiary/aromatic N) is 2. The summed E-state index contributed by atoms with van der Waals surface area (Å²) >= 11 is 12.2. The first kappa shape index (κ1) is 23.3. The predicted octanol–water partition coefficient (Wildman–Crippen LogP) is 5.91. The molecule has 0 unspecified atom stereocenters. The number of benzene rings is 3. The van der Waals surface area contributed by atoms with Gasteiger partial charge >= 0.3 is 0 Å². The molecular formula is C28H22Cl2N2O4. The standard InChI is InChI=1S/C28H22Cl2N2O4/c1-27-8-9-28(36-27,10-11-35-19-13-17(29)12-18(30)14-19)24-23(27)25(33)32(26(24)34)22-7-6-16(15-31)20-4-2-3-5-21(20)22/h2-7,12-14,23-24H,8-11H2,1H3/t23-,24+,27-,28-/m0/s1. The summed E-state index contributed by atoms with van der Waals surface area (Å²) in [6.45, 7) is 2.22. The fourth-order valence-electron chi connectivity index (χ4n) is 6.38. The third-order valence-corrected chi connectivity index (χ3v) is 8.34. The molecule has 3 fully saturated rings. The summed E-state index contributed by atoms with van der Waals surface area (Å²) in [6, 6.07) is 17.9. The summed E-state index contributed by atoms with van der Waals surface area (Å²) < 4.78 is 12.4. The first-order valence-corrected chi connectivity index (χ1v) is 12.6. The number of hydrogen-bond acceptors (Lipinski definition) is 5. The summed E-state index contributed by atoms with van der Waals surface area (Å²) in [5.41, 5.74) is -0.490. The molecule has 8 heteroatoms. The highest BCUT2D eigenvalue weighted by Crippen LogP contribution is 2.62. The molecule has 2 bridgehead atoms. The van der Waals surface area contributed by atoms with E-state index in [1.54, 1.807) is 30.3 Å². The average molecular weight is 521 g/mol. The van der Waals surface area contributed by atoms with E-state index in [0.717, 1.165) is 0 Å². The number of halogens is 2. The Morgan fingerprint density at radius 2 is 1.72 bits per heavy atom. The summed E-state index contributed by atoms with van der Waals surface area (Å²) in [6.07, 6.45) is 1.82. The lowest BCUT2D eigenvalue weighted by atomic mass is 9.67. The normalized spacial score (nSPS) is 28.6. The van der Waals surface area contributed by atoms with Crippen molar-refractivity contribution in [1.82, 2.24) is 0 Å². The maximum absolute atomic E-state index is 13.9. The molecule has 6 rings (SSSR count). The smallest absolute Gasteiger partial charge is 0.240 e. The van der Waals surface area contributed by atoms with Gasteiger partial charge in [-0.3, -0.25) is 9.59 Å². The third-order valence-electron chi connectivity index (χ3n) is 7.90. The van der Waals surface area contributed by atoms with Crippen molar-refractivity contribution in [1.29, 1.82) is 5.26 Å². The lowest BCUT2D eigenvalue weighted by molar-refractivity contribution is -0.131. The Balaban J connectivity index is 1.33. The van der Waals surface area contributed by atoms with Crippen molar-refractivity contribution in [2.45, 2.75) is 37.4 Å². The molecule has 3 saturated heterocycles. The van der Waals surface area contributed by atoms with Crippen LogP contribution in [0, 0.1) is 23.2 Å². The van der Waals surface area contributed by atoms with Crippen molar-refractivity contribution >= 4 is 51.5 Å². The van der Waals surface area contributed by atoms with Crippen molar-refractivity contribution in [3.8, 4) is 11.8 Å². The Bertz CT molecular complexity index is 1460. The Hall–Kier alpha value is -3.11. The molecule has 182 valence electrons. The maximum atomic E-state index is 13.9. The van der Waals surface area contributed by atoms with Gasteiger partial charge in [0, 0.05) is 27.2 Å². The van der Waals surface area contributed by atoms with E-state index in [2.05, 4.69) is 6.07 Å². The Morgan fingerprint density at radius 1 is 1.03 bits per heavy atom. The van der Waals surface area contributed by atoms with Crippen LogP contribution in [0.1, 0.15) is 31.7 Å². The molecule has 2 amide bonds. The average Bonchev–Trinajstić information content (AvgIpc) is 3.42. The molecule has 0 saturated carbocycles. The molecule has 3 heterocycles. The van der Waals surface area contributed by atoms with Crippen molar-refractivity contribution < 1.29 is 19.1 Å². The minimum Gasteiger partial charge on any atom is -0.493 e. The van der Waals surface area contributed by atoms with Crippen LogP contribution in [0.4, 0.5) is 5.69 Å². The predicted molar refractivity (Wildman–Crippen MR) is 136 cm³/mol. The number of carbonyl (C=O) groups excluding carboxylic acids is 2. The van der Waals surface area contributed by atoms with E-state index in [0.29, 0.717) is 57.1 Å². The monoisotopic (exact) mass is 520 g/mol. The number of imide groups is 1. The SMILES string of the molecule is C[C@@]12CC[C@@](CCOc3cc(Cl)cc(Cl)c3)(O1)[C@H]1C(=O)N(c3ccc(C#N)c4ccccc34)C(=O)[C@H]12. The van der Waals surface area contributed by atoms with Gasteiger partial charge in [0.2, 0.25) is 11.8 Å². The molecule has 3 aromatic rings. The number of anilines is 1. The van der Waals surface area contributed by atoms with Crippen molar-refractivity contribution in [2.75, 3.05) is 11.5 Å². The quantitative estimate of drug-likeness (QED) is 0.390. The zero-order chi connectivity index (χ0) is 25.2. The van der Waals surface area contributed by atoms with Crippen LogP contribution in [-0.2, 0) is 14.3 Å². The number of carbonyl (C=O) groups is 2. The van der Waals surface area contributed by atoms with Crippen molar-refractivity contribution in [3.63, 3.8) is 0 Å². The molecule has 36 heavy (non-hydrogen) atoms. The summed E-state index contributed by atoms with van der Waals surface area (Å²) in [7, 11) is 0. The van der Waals surface area contributed by atoms with Gasteiger partial charge in [0.25, 0.3) is 0 Å². The highest BCUT2D eigenvalue weighted by Gasteiger charge is 2.73. The fraction of sp³-hybridized carbons (Fsp3) is 0.321. The van der Waals surface area contributed by atoms with Crippen LogP contribution in [0.2, 0.25) is 10.0 Å². The first-order valence-electron chi connectivity index (χ1n) is 11.9. The molecule has 0 radical (unpaired) electrons. The van der Waals surface area contributed by atoms with E-state index >= 15 is 0 Å². The van der Waals surface area contributed by atoms with Crippen LogP contribution in [0.5, 0.6) is 5.75 Å². The highest BCUT2D eigenvalue weighted by atomic mass is 35.5. The van der Waals surface area contributed by atoms with Gasteiger partial charge in [0.05, 0.1) is 47.0 Å². The molecule has 6 nitrogen and oxygen atoms in total. The van der Waals surface area contributed by atoms with Crippen LogP contribution in [0.3, 0.4) is 0 Å². The number of amides is 2. The first-order chi connectivity index (χ1) is 17.3. The second-order valence-corrected chi connectivity index (χ2v) is 10.8. The molecule has 3 aliphatic heterocycles. The zero-order valence-electron chi connectivity index (χ0n) is 19.5. The van der Waals surface area contributed by atoms with Crippen LogP contribution in [0.25, 0.3) is 10.8 Å². The second-order valence-electron chi connectivity index (χ2n) is 9.94. The molecular weight excluding hydrogens is 499 g/mol. The van der Waals surface area contributed by atoms with Crippen LogP contribution in [0.15, 0.2) is 54.6 Å². The second kappa shape index (κ2) is 8.21. The topological polar surface area (TPSA) is 79.6 Å². The summed E-state index contributed by atoms with van der Waals surface area (Å²) in [5.74, 6) is -1.11. The number of hydrogen-bond donors (Lipinski definition) is 0. The maximum Gasteiger partial charge on any atom is 0.240 e.